The predicted molar refractivity (Wildman–Crippen MR) is 105 cm³/mol. The van der Waals surface area contributed by atoms with Crippen LogP contribution in [-0.2, 0) is 4.79 Å². The van der Waals surface area contributed by atoms with Gasteiger partial charge in [0.05, 0.1) is 5.69 Å². The van der Waals surface area contributed by atoms with Crippen molar-refractivity contribution in [2.24, 2.45) is 5.92 Å². The first-order valence-electron chi connectivity index (χ1n) is 9.53. The Hall–Kier alpha value is -2.43. The van der Waals surface area contributed by atoms with Crippen molar-refractivity contribution in [1.82, 2.24) is 15.5 Å². The largest absolute Gasteiger partial charge is 0.355 e. The summed E-state index contributed by atoms with van der Waals surface area (Å²) in [4.78, 5) is 14.5. The van der Waals surface area contributed by atoms with Crippen LogP contribution in [0.4, 0.5) is 5.82 Å². The zero-order chi connectivity index (χ0) is 18.5. The normalized spacial score (nSPS) is 16.3. The van der Waals surface area contributed by atoms with Crippen molar-refractivity contribution in [3.8, 4) is 11.3 Å². The van der Waals surface area contributed by atoms with Gasteiger partial charge in [0.1, 0.15) is 0 Å². The maximum Gasteiger partial charge on any atom is 0.223 e. The number of nitrogens with one attached hydrogen (secondary N) is 1. The maximum absolute atomic E-state index is 12.3. The van der Waals surface area contributed by atoms with E-state index in [4.69, 9.17) is 0 Å². The third-order valence-corrected chi connectivity index (χ3v) is 5.19. The van der Waals surface area contributed by atoms with Gasteiger partial charge < -0.3 is 10.2 Å². The second-order valence-corrected chi connectivity index (χ2v) is 7.22. The Balaban J connectivity index is 1.58. The summed E-state index contributed by atoms with van der Waals surface area (Å²) in [5.74, 6) is 1.20. The minimum Gasteiger partial charge on any atom is -0.355 e. The lowest BCUT2D eigenvalue weighted by atomic mass is 9.95. The fourth-order valence-electron chi connectivity index (χ4n) is 3.21. The maximum atomic E-state index is 12.3. The van der Waals surface area contributed by atoms with E-state index in [0.717, 1.165) is 49.4 Å². The van der Waals surface area contributed by atoms with Crippen molar-refractivity contribution < 1.29 is 4.79 Å². The van der Waals surface area contributed by atoms with Gasteiger partial charge in [-0.2, -0.15) is 0 Å². The summed E-state index contributed by atoms with van der Waals surface area (Å²) < 4.78 is 0. The molecule has 2 heterocycles. The van der Waals surface area contributed by atoms with Crippen LogP contribution in [0.15, 0.2) is 36.4 Å². The number of hydrogen-bond donors (Lipinski definition) is 1. The quantitative estimate of drug-likeness (QED) is 0.893. The SMILES string of the molecule is CCC(C)NC(=O)C1CCN(c2ccc(-c3ccc(C)cc3)nn2)CC1. The summed E-state index contributed by atoms with van der Waals surface area (Å²) in [6.45, 7) is 7.91. The first-order chi connectivity index (χ1) is 12.6. The number of carbonyl (C=O) groups excluding carboxylic acids is 1. The molecule has 1 fully saturated rings. The second kappa shape index (κ2) is 8.30. The van der Waals surface area contributed by atoms with E-state index >= 15 is 0 Å². The van der Waals surface area contributed by atoms with Gasteiger partial charge in [-0.05, 0) is 45.2 Å². The molecule has 0 bridgehead atoms. The van der Waals surface area contributed by atoms with Gasteiger partial charge >= 0.3 is 0 Å². The topological polar surface area (TPSA) is 58.1 Å². The van der Waals surface area contributed by atoms with E-state index in [9.17, 15) is 4.79 Å². The van der Waals surface area contributed by atoms with E-state index < -0.39 is 0 Å². The molecule has 1 aromatic heterocycles. The van der Waals surface area contributed by atoms with Crippen LogP contribution >= 0.6 is 0 Å². The van der Waals surface area contributed by atoms with E-state index in [1.165, 1.54) is 5.56 Å². The lowest BCUT2D eigenvalue weighted by molar-refractivity contribution is -0.126. The van der Waals surface area contributed by atoms with Gasteiger partial charge in [0.15, 0.2) is 5.82 Å². The molecular weight excluding hydrogens is 324 g/mol. The van der Waals surface area contributed by atoms with Crippen LogP contribution in [0.3, 0.4) is 0 Å². The number of aryl methyl sites for hydroxylation is 1. The number of benzene rings is 1. The van der Waals surface area contributed by atoms with E-state index in [2.05, 4.69) is 65.5 Å². The minimum atomic E-state index is 0.111. The average Bonchev–Trinajstić information content (AvgIpc) is 2.68. The molecule has 1 aromatic carbocycles. The van der Waals surface area contributed by atoms with Crippen LogP contribution in [0, 0.1) is 12.8 Å². The highest BCUT2D eigenvalue weighted by molar-refractivity contribution is 5.79. The predicted octanol–water partition coefficient (Wildman–Crippen LogP) is 3.58. The summed E-state index contributed by atoms with van der Waals surface area (Å²) in [6.07, 6.45) is 2.70. The zero-order valence-corrected chi connectivity index (χ0v) is 15.9. The van der Waals surface area contributed by atoms with Crippen molar-refractivity contribution in [3.63, 3.8) is 0 Å². The number of carbonyl (C=O) groups is 1. The fourth-order valence-corrected chi connectivity index (χ4v) is 3.21. The van der Waals surface area contributed by atoms with Crippen LogP contribution in [0.1, 0.15) is 38.7 Å². The van der Waals surface area contributed by atoms with Crippen LogP contribution < -0.4 is 10.2 Å². The van der Waals surface area contributed by atoms with Crippen molar-refractivity contribution in [2.75, 3.05) is 18.0 Å². The standard InChI is InChI=1S/C21H28N4O/c1-4-16(3)22-21(26)18-11-13-25(14-12-18)20-10-9-19(23-24-20)17-7-5-15(2)6-8-17/h5-10,16,18H,4,11-14H2,1-3H3,(H,22,26). The van der Waals surface area contributed by atoms with E-state index in [1.54, 1.807) is 0 Å². The number of amides is 1. The van der Waals surface area contributed by atoms with Crippen LogP contribution in [0.5, 0.6) is 0 Å². The summed E-state index contributed by atoms with van der Waals surface area (Å²) in [5, 5.41) is 11.9. The van der Waals surface area contributed by atoms with Gasteiger partial charge in [-0.25, -0.2) is 0 Å². The smallest absolute Gasteiger partial charge is 0.223 e. The van der Waals surface area contributed by atoms with Gasteiger partial charge in [0.25, 0.3) is 0 Å². The fraction of sp³-hybridized carbons (Fsp3) is 0.476. The molecule has 138 valence electrons. The Morgan fingerprint density at radius 2 is 1.85 bits per heavy atom. The molecule has 1 aliphatic heterocycles. The number of aromatic nitrogens is 2. The number of nitrogens with zero attached hydrogens (tertiary/aromatic N) is 3. The number of piperidine rings is 1. The first kappa shape index (κ1) is 18.4. The summed E-state index contributed by atoms with van der Waals surface area (Å²) in [6, 6.07) is 12.6. The molecule has 0 radical (unpaired) electrons. The first-order valence-corrected chi connectivity index (χ1v) is 9.53. The summed E-state index contributed by atoms with van der Waals surface area (Å²) >= 11 is 0. The van der Waals surface area contributed by atoms with Gasteiger partial charge in [-0.3, -0.25) is 4.79 Å². The average molecular weight is 352 g/mol. The molecule has 0 spiro atoms. The third kappa shape index (κ3) is 4.40. The van der Waals surface area contributed by atoms with E-state index in [-0.39, 0.29) is 17.9 Å². The highest BCUT2D eigenvalue weighted by Gasteiger charge is 2.26. The molecule has 1 N–H and O–H groups in total. The molecule has 0 saturated carbocycles. The number of anilines is 1. The Labute approximate surface area is 155 Å². The van der Waals surface area contributed by atoms with Crippen molar-refractivity contribution in [1.29, 1.82) is 0 Å². The third-order valence-electron chi connectivity index (χ3n) is 5.19. The Morgan fingerprint density at radius 3 is 2.42 bits per heavy atom. The molecule has 26 heavy (non-hydrogen) atoms. The van der Waals surface area contributed by atoms with Crippen molar-refractivity contribution in [3.05, 3.63) is 42.0 Å². The van der Waals surface area contributed by atoms with Gasteiger partial charge in [0, 0.05) is 30.6 Å². The second-order valence-electron chi connectivity index (χ2n) is 7.22. The molecule has 1 saturated heterocycles. The van der Waals surface area contributed by atoms with E-state index in [1.807, 2.05) is 12.1 Å². The zero-order valence-electron chi connectivity index (χ0n) is 15.9. The molecule has 2 aromatic rings. The van der Waals surface area contributed by atoms with Gasteiger partial charge in [0.2, 0.25) is 5.91 Å². The van der Waals surface area contributed by atoms with Crippen LogP contribution in [-0.4, -0.2) is 35.2 Å². The van der Waals surface area contributed by atoms with Crippen molar-refractivity contribution in [2.45, 2.75) is 46.1 Å². The molecule has 1 amide bonds. The highest BCUT2D eigenvalue weighted by Crippen LogP contribution is 2.24. The molecule has 5 heteroatoms. The Bertz CT molecular complexity index is 719. The number of hydrogen-bond acceptors (Lipinski definition) is 4. The lowest BCUT2D eigenvalue weighted by Crippen LogP contribution is -2.43. The van der Waals surface area contributed by atoms with Gasteiger partial charge in [-0.1, -0.05) is 36.8 Å². The molecular formula is C21H28N4O. The van der Waals surface area contributed by atoms with Crippen LogP contribution in [0.25, 0.3) is 11.3 Å². The van der Waals surface area contributed by atoms with Crippen LogP contribution in [0.2, 0.25) is 0 Å². The minimum absolute atomic E-state index is 0.111. The number of rotatable bonds is 5. The van der Waals surface area contributed by atoms with Crippen molar-refractivity contribution >= 4 is 11.7 Å². The van der Waals surface area contributed by atoms with E-state index in [0.29, 0.717) is 0 Å². The summed E-state index contributed by atoms with van der Waals surface area (Å²) in [7, 11) is 0. The highest BCUT2D eigenvalue weighted by atomic mass is 16.1. The molecule has 1 atom stereocenters. The monoisotopic (exact) mass is 352 g/mol. The molecule has 1 unspecified atom stereocenters. The summed E-state index contributed by atoms with van der Waals surface area (Å²) in [5.41, 5.74) is 3.20. The lowest BCUT2D eigenvalue weighted by Gasteiger charge is -2.32. The Kier molecular flexibility index (Phi) is 5.86. The molecule has 0 aliphatic carbocycles. The molecule has 1 aliphatic rings. The molecule has 3 rings (SSSR count). The Morgan fingerprint density at radius 1 is 1.15 bits per heavy atom. The van der Waals surface area contributed by atoms with Gasteiger partial charge in [-0.15, -0.1) is 10.2 Å². The molecule has 5 nitrogen and oxygen atoms in total.